The summed E-state index contributed by atoms with van der Waals surface area (Å²) in [7, 11) is 0. The Labute approximate surface area is 197 Å². The molecule has 3 aromatic carbocycles. The van der Waals surface area contributed by atoms with Crippen molar-refractivity contribution >= 4 is 23.5 Å². The third-order valence-corrected chi connectivity index (χ3v) is 6.03. The first-order chi connectivity index (χ1) is 15.9. The minimum atomic E-state index is -0.465. The standard InChI is InChI=1S/C27H23ClFNO3/c1-18-26(27(32)33-17-20-5-3-2-4-6-20)24(21-9-11-22(28)12-10-21)15-25(31)30(18)16-19-7-13-23(29)14-8-19/h2-14,24H,15-17H2,1H3. The van der Waals surface area contributed by atoms with E-state index in [2.05, 4.69) is 0 Å². The van der Waals surface area contributed by atoms with Crippen molar-refractivity contribution in [3.05, 3.63) is 118 Å². The molecule has 0 saturated carbocycles. The van der Waals surface area contributed by atoms with Gasteiger partial charge in [-0.3, -0.25) is 4.79 Å². The van der Waals surface area contributed by atoms with E-state index in [4.69, 9.17) is 16.3 Å². The minimum Gasteiger partial charge on any atom is -0.457 e. The van der Waals surface area contributed by atoms with Gasteiger partial charge in [0.05, 0.1) is 12.1 Å². The summed E-state index contributed by atoms with van der Waals surface area (Å²) in [6.45, 7) is 2.13. The number of esters is 1. The second kappa shape index (κ2) is 10.0. The van der Waals surface area contributed by atoms with Crippen molar-refractivity contribution in [1.29, 1.82) is 0 Å². The van der Waals surface area contributed by atoms with E-state index in [-0.39, 0.29) is 31.3 Å². The van der Waals surface area contributed by atoms with Gasteiger partial charge in [0.2, 0.25) is 5.91 Å². The van der Waals surface area contributed by atoms with Crippen LogP contribution in [0.5, 0.6) is 0 Å². The Bertz CT molecular complexity index is 1170. The Hall–Kier alpha value is -3.44. The van der Waals surface area contributed by atoms with E-state index < -0.39 is 11.9 Å². The zero-order valence-electron chi connectivity index (χ0n) is 18.1. The van der Waals surface area contributed by atoms with Crippen molar-refractivity contribution in [2.75, 3.05) is 0 Å². The number of hydrogen-bond acceptors (Lipinski definition) is 3. The van der Waals surface area contributed by atoms with Crippen LogP contribution in [0.2, 0.25) is 5.02 Å². The summed E-state index contributed by atoms with van der Waals surface area (Å²) in [5, 5.41) is 0.577. The Morgan fingerprint density at radius 1 is 1.00 bits per heavy atom. The lowest BCUT2D eigenvalue weighted by molar-refractivity contribution is -0.141. The highest BCUT2D eigenvalue weighted by atomic mass is 35.5. The zero-order valence-corrected chi connectivity index (χ0v) is 18.9. The van der Waals surface area contributed by atoms with Gasteiger partial charge in [-0.1, -0.05) is 66.2 Å². The van der Waals surface area contributed by atoms with Gasteiger partial charge in [-0.15, -0.1) is 0 Å². The van der Waals surface area contributed by atoms with Crippen LogP contribution in [0.3, 0.4) is 0 Å². The van der Waals surface area contributed by atoms with Gasteiger partial charge < -0.3 is 9.64 Å². The highest BCUT2D eigenvalue weighted by molar-refractivity contribution is 6.30. The highest BCUT2D eigenvalue weighted by Gasteiger charge is 2.37. The third kappa shape index (κ3) is 5.32. The lowest BCUT2D eigenvalue weighted by Gasteiger charge is -2.34. The number of carbonyl (C=O) groups excluding carboxylic acids is 2. The molecule has 0 radical (unpaired) electrons. The normalized spacial score (nSPS) is 16.2. The average molecular weight is 464 g/mol. The molecular weight excluding hydrogens is 441 g/mol. The van der Waals surface area contributed by atoms with Crippen LogP contribution >= 0.6 is 11.6 Å². The molecule has 1 heterocycles. The summed E-state index contributed by atoms with van der Waals surface area (Å²) < 4.78 is 19.0. The van der Waals surface area contributed by atoms with Gasteiger partial charge in [-0.2, -0.15) is 0 Å². The lowest BCUT2D eigenvalue weighted by Crippen LogP contribution is -2.38. The van der Waals surface area contributed by atoms with Gasteiger partial charge in [0.15, 0.2) is 0 Å². The number of halogens is 2. The first kappa shape index (κ1) is 22.7. The smallest absolute Gasteiger partial charge is 0.336 e. The van der Waals surface area contributed by atoms with Crippen LogP contribution in [-0.2, 0) is 27.5 Å². The number of nitrogens with zero attached hydrogens (tertiary/aromatic N) is 1. The molecule has 6 heteroatoms. The fourth-order valence-corrected chi connectivity index (χ4v) is 4.15. The molecular formula is C27H23ClFNO3. The van der Waals surface area contributed by atoms with Crippen LogP contribution < -0.4 is 0 Å². The van der Waals surface area contributed by atoms with E-state index in [0.29, 0.717) is 16.3 Å². The van der Waals surface area contributed by atoms with E-state index >= 15 is 0 Å². The maximum Gasteiger partial charge on any atom is 0.336 e. The molecule has 4 rings (SSSR count). The maximum absolute atomic E-state index is 13.3. The molecule has 0 saturated heterocycles. The molecule has 0 fully saturated rings. The summed E-state index contributed by atoms with van der Waals surface area (Å²) in [6, 6.07) is 22.6. The number of ether oxygens (including phenoxy) is 1. The Morgan fingerprint density at radius 3 is 2.33 bits per heavy atom. The van der Waals surface area contributed by atoms with Gasteiger partial charge in [0, 0.05) is 23.1 Å². The third-order valence-electron chi connectivity index (χ3n) is 5.78. The zero-order chi connectivity index (χ0) is 23.4. The monoisotopic (exact) mass is 463 g/mol. The van der Waals surface area contributed by atoms with E-state index in [1.165, 1.54) is 12.1 Å². The summed E-state index contributed by atoms with van der Waals surface area (Å²) in [4.78, 5) is 28.0. The molecule has 168 valence electrons. The number of amides is 1. The largest absolute Gasteiger partial charge is 0.457 e. The second-order valence-electron chi connectivity index (χ2n) is 7.98. The van der Waals surface area contributed by atoms with Crippen LogP contribution in [-0.4, -0.2) is 16.8 Å². The molecule has 1 unspecified atom stereocenters. The fourth-order valence-electron chi connectivity index (χ4n) is 4.02. The molecule has 33 heavy (non-hydrogen) atoms. The van der Waals surface area contributed by atoms with E-state index in [9.17, 15) is 14.0 Å². The first-order valence-electron chi connectivity index (χ1n) is 10.6. The molecule has 0 bridgehead atoms. The Balaban J connectivity index is 1.67. The predicted molar refractivity (Wildman–Crippen MR) is 125 cm³/mol. The SMILES string of the molecule is CC1=C(C(=O)OCc2ccccc2)C(c2ccc(Cl)cc2)CC(=O)N1Cc1ccc(F)cc1. The van der Waals surface area contributed by atoms with Crippen LogP contribution in [0.4, 0.5) is 4.39 Å². The topological polar surface area (TPSA) is 46.6 Å². The van der Waals surface area contributed by atoms with Gasteiger partial charge in [-0.25, -0.2) is 9.18 Å². The lowest BCUT2D eigenvalue weighted by atomic mass is 9.83. The van der Waals surface area contributed by atoms with Gasteiger partial charge >= 0.3 is 5.97 Å². The molecule has 0 aromatic heterocycles. The number of allylic oxidation sites excluding steroid dienone is 1. The van der Waals surface area contributed by atoms with Crippen molar-refractivity contribution in [3.63, 3.8) is 0 Å². The van der Waals surface area contributed by atoms with Crippen molar-refractivity contribution < 1.29 is 18.7 Å². The van der Waals surface area contributed by atoms with Crippen molar-refractivity contribution in [3.8, 4) is 0 Å². The van der Waals surface area contributed by atoms with Crippen molar-refractivity contribution in [2.24, 2.45) is 0 Å². The van der Waals surface area contributed by atoms with E-state index in [1.807, 2.05) is 42.5 Å². The van der Waals surface area contributed by atoms with Crippen LogP contribution in [0.1, 0.15) is 36.0 Å². The Morgan fingerprint density at radius 2 is 1.67 bits per heavy atom. The van der Waals surface area contributed by atoms with Gasteiger partial charge in [0.1, 0.15) is 12.4 Å². The van der Waals surface area contributed by atoms with E-state index in [1.54, 1.807) is 36.1 Å². The predicted octanol–water partition coefficient (Wildman–Crippen LogP) is 6.01. The van der Waals surface area contributed by atoms with Gasteiger partial charge in [-0.05, 0) is 47.9 Å². The Kier molecular flexibility index (Phi) is 6.90. The first-order valence-corrected chi connectivity index (χ1v) is 11.0. The molecule has 1 atom stereocenters. The second-order valence-corrected chi connectivity index (χ2v) is 8.41. The van der Waals surface area contributed by atoms with Crippen LogP contribution in [0.15, 0.2) is 90.1 Å². The number of rotatable bonds is 6. The summed E-state index contributed by atoms with van der Waals surface area (Å²) in [5.41, 5.74) is 3.44. The molecule has 1 aliphatic rings. The van der Waals surface area contributed by atoms with Gasteiger partial charge in [0.25, 0.3) is 0 Å². The summed E-state index contributed by atoms with van der Waals surface area (Å²) >= 11 is 6.04. The number of hydrogen-bond donors (Lipinski definition) is 0. The molecule has 0 aliphatic carbocycles. The molecule has 0 N–H and O–H groups in total. The summed E-state index contributed by atoms with van der Waals surface area (Å²) in [6.07, 6.45) is 0.121. The highest BCUT2D eigenvalue weighted by Crippen LogP contribution is 2.38. The number of carbonyl (C=O) groups is 2. The van der Waals surface area contributed by atoms with Crippen molar-refractivity contribution in [1.82, 2.24) is 4.90 Å². The minimum absolute atomic E-state index is 0.114. The average Bonchev–Trinajstić information content (AvgIpc) is 2.82. The van der Waals surface area contributed by atoms with Crippen LogP contribution in [0, 0.1) is 5.82 Å². The fraction of sp³-hybridized carbons (Fsp3) is 0.185. The molecule has 1 aliphatic heterocycles. The molecule has 4 nitrogen and oxygen atoms in total. The van der Waals surface area contributed by atoms with E-state index in [0.717, 1.165) is 16.7 Å². The number of benzene rings is 3. The summed E-state index contributed by atoms with van der Waals surface area (Å²) in [5.74, 6) is -1.37. The van der Waals surface area contributed by atoms with Crippen molar-refractivity contribution in [2.45, 2.75) is 32.4 Å². The molecule has 0 spiro atoms. The molecule has 3 aromatic rings. The maximum atomic E-state index is 13.3. The molecule has 1 amide bonds. The van der Waals surface area contributed by atoms with Crippen LogP contribution in [0.25, 0.3) is 0 Å². The quantitative estimate of drug-likeness (QED) is 0.420.